The van der Waals surface area contributed by atoms with E-state index < -0.39 is 0 Å². The Morgan fingerprint density at radius 2 is 1.96 bits per heavy atom. The zero-order valence-corrected chi connectivity index (χ0v) is 16.9. The second kappa shape index (κ2) is 8.67. The van der Waals surface area contributed by atoms with Crippen LogP contribution in [0.25, 0.3) is 11.4 Å². The molecular formula is C21H21BrN4O2. The minimum atomic E-state index is -0.0580. The Labute approximate surface area is 172 Å². The highest BCUT2D eigenvalue weighted by atomic mass is 79.9. The average molecular weight is 441 g/mol. The molecule has 2 aromatic carbocycles. The molecule has 7 heteroatoms. The molecule has 1 unspecified atom stereocenters. The van der Waals surface area contributed by atoms with E-state index in [9.17, 15) is 4.79 Å². The fraction of sp³-hybridized carbons (Fsp3) is 0.286. The Balaban J connectivity index is 1.37. The summed E-state index contributed by atoms with van der Waals surface area (Å²) in [6.45, 7) is 2.15. The van der Waals surface area contributed by atoms with Gasteiger partial charge in [-0.25, -0.2) is 0 Å². The van der Waals surface area contributed by atoms with Crippen molar-refractivity contribution in [2.75, 3.05) is 18.4 Å². The van der Waals surface area contributed by atoms with Gasteiger partial charge in [-0.3, -0.25) is 9.69 Å². The summed E-state index contributed by atoms with van der Waals surface area (Å²) >= 11 is 3.47. The number of hydrogen-bond donors (Lipinski definition) is 1. The molecule has 1 aromatic heterocycles. The molecule has 0 spiro atoms. The minimum Gasteiger partial charge on any atom is -0.338 e. The number of anilines is 1. The second-order valence-electron chi connectivity index (χ2n) is 6.92. The fourth-order valence-electron chi connectivity index (χ4n) is 3.43. The highest BCUT2D eigenvalue weighted by molar-refractivity contribution is 9.10. The lowest BCUT2D eigenvalue weighted by Gasteiger charge is -2.30. The first-order valence-electron chi connectivity index (χ1n) is 9.35. The first-order valence-corrected chi connectivity index (χ1v) is 10.1. The number of likely N-dealkylation sites (tertiary alicyclic amines) is 1. The molecule has 4 rings (SSSR count). The van der Waals surface area contributed by atoms with Gasteiger partial charge in [-0.2, -0.15) is 4.98 Å². The van der Waals surface area contributed by atoms with Crippen LogP contribution in [-0.4, -0.2) is 34.0 Å². The molecule has 0 saturated carbocycles. The van der Waals surface area contributed by atoms with E-state index in [1.54, 1.807) is 0 Å². The van der Waals surface area contributed by atoms with Crippen LogP contribution in [0.2, 0.25) is 0 Å². The van der Waals surface area contributed by atoms with Gasteiger partial charge in [0.1, 0.15) is 0 Å². The van der Waals surface area contributed by atoms with E-state index in [2.05, 4.69) is 36.3 Å². The van der Waals surface area contributed by atoms with Crippen molar-refractivity contribution in [3.8, 4) is 11.4 Å². The third kappa shape index (κ3) is 4.48. The normalized spacial score (nSPS) is 17.4. The Morgan fingerprint density at radius 1 is 1.18 bits per heavy atom. The third-order valence-electron chi connectivity index (χ3n) is 4.87. The van der Waals surface area contributed by atoms with Crippen LogP contribution in [0.4, 0.5) is 5.69 Å². The predicted molar refractivity (Wildman–Crippen MR) is 111 cm³/mol. The van der Waals surface area contributed by atoms with Crippen molar-refractivity contribution in [3.63, 3.8) is 0 Å². The van der Waals surface area contributed by atoms with Crippen LogP contribution < -0.4 is 5.32 Å². The zero-order valence-electron chi connectivity index (χ0n) is 15.3. The van der Waals surface area contributed by atoms with Gasteiger partial charge in [0.05, 0.1) is 18.2 Å². The molecular weight excluding hydrogens is 420 g/mol. The average Bonchev–Trinajstić information content (AvgIpc) is 3.19. The summed E-state index contributed by atoms with van der Waals surface area (Å²) < 4.78 is 6.30. The van der Waals surface area contributed by atoms with Gasteiger partial charge in [0.15, 0.2) is 0 Å². The molecule has 144 valence electrons. The summed E-state index contributed by atoms with van der Waals surface area (Å²) in [6.07, 6.45) is 1.85. The Hall–Kier alpha value is -2.51. The first kappa shape index (κ1) is 18.8. The van der Waals surface area contributed by atoms with Crippen molar-refractivity contribution in [1.82, 2.24) is 15.0 Å². The van der Waals surface area contributed by atoms with Crippen molar-refractivity contribution >= 4 is 27.5 Å². The number of nitrogens with one attached hydrogen (secondary N) is 1. The van der Waals surface area contributed by atoms with Gasteiger partial charge < -0.3 is 9.84 Å². The molecule has 1 aliphatic rings. The molecule has 0 bridgehead atoms. The van der Waals surface area contributed by atoms with Crippen molar-refractivity contribution in [2.45, 2.75) is 19.4 Å². The van der Waals surface area contributed by atoms with Crippen molar-refractivity contribution in [1.29, 1.82) is 0 Å². The third-order valence-corrected chi connectivity index (χ3v) is 5.56. The lowest BCUT2D eigenvalue weighted by molar-refractivity contribution is -0.121. The Bertz CT molecular complexity index is 944. The monoisotopic (exact) mass is 440 g/mol. The van der Waals surface area contributed by atoms with E-state index in [-0.39, 0.29) is 11.8 Å². The van der Waals surface area contributed by atoms with Crippen LogP contribution in [0.15, 0.2) is 63.6 Å². The number of rotatable bonds is 5. The van der Waals surface area contributed by atoms with Crippen LogP contribution in [-0.2, 0) is 11.3 Å². The molecule has 1 aliphatic heterocycles. The summed E-state index contributed by atoms with van der Waals surface area (Å²) in [5, 5.41) is 7.10. The lowest BCUT2D eigenvalue weighted by Crippen LogP contribution is -2.40. The van der Waals surface area contributed by atoms with Crippen molar-refractivity contribution in [3.05, 3.63) is 65.0 Å². The maximum Gasteiger partial charge on any atom is 0.241 e. The molecule has 3 aromatic rings. The Morgan fingerprint density at radius 3 is 2.79 bits per heavy atom. The smallest absolute Gasteiger partial charge is 0.241 e. The number of hydrogen-bond acceptors (Lipinski definition) is 5. The van der Waals surface area contributed by atoms with Crippen LogP contribution in [0.1, 0.15) is 18.7 Å². The van der Waals surface area contributed by atoms with E-state index in [1.807, 2.05) is 54.6 Å². The van der Waals surface area contributed by atoms with Gasteiger partial charge >= 0.3 is 0 Å². The van der Waals surface area contributed by atoms with E-state index in [0.29, 0.717) is 24.8 Å². The number of amides is 1. The summed E-state index contributed by atoms with van der Waals surface area (Å²) in [5.74, 6) is 1.16. The summed E-state index contributed by atoms with van der Waals surface area (Å²) in [7, 11) is 0. The maximum atomic E-state index is 12.7. The highest BCUT2D eigenvalue weighted by Crippen LogP contribution is 2.25. The molecule has 1 fully saturated rings. The number of nitrogens with zero attached hydrogens (tertiary/aromatic N) is 3. The van der Waals surface area contributed by atoms with Gasteiger partial charge in [0.2, 0.25) is 17.6 Å². The van der Waals surface area contributed by atoms with Gasteiger partial charge in [-0.05, 0) is 47.4 Å². The number of halogens is 1. The Kier molecular flexibility index (Phi) is 5.83. The van der Waals surface area contributed by atoms with Gasteiger partial charge in [-0.15, -0.1) is 0 Å². The number of benzene rings is 2. The van der Waals surface area contributed by atoms with Gasteiger partial charge in [-0.1, -0.05) is 47.6 Å². The van der Waals surface area contributed by atoms with Crippen LogP contribution >= 0.6 is 15.9 Å². The zero-order chi connectivity index (χ0) is 19.3. The van der Waals surface area contributed by atoms with Gasteiger partial charge in [0.25, 0.3) is 0 Å². The molecule has 28 heavy (non-hydrogen) atoms. The fourth-order valence-corrected chi connectivity index (χ4v) is 3.81. The molecule has 1 N–H and O–H groups in total. The number of carbonyl (C=O) groups is 1. The van der Waals surface area contributed by atoms with E-state index in [4.69, 9.17) is 4.52 Å². The molecule has 1 saturated heterocycles. The largest absolute Gasteiger partial charge is 0.338 e. The standard InChI is InChI=1S/C21H21BrN4O2/c22-17-10-4-5-11-18(17)23-21(27)16-9-6-12-26(13-16)14-19-24-20(25-28-19)15-7-2-1-3-8-15/h1-5,7-8,10-11,16H,6,9,12-14H2,(H,23,27). The number of para-hydroxylation sites is 1. The topological polar surface area (TPSA) is 71.3 Å². The number of aromatic nitrogens is 2. The second-order valence-corrected chi connectivity index (χ2v) is 7.78. The van der Waals surface area contributed by atoms with Crippen LogP contribution in [0.5, 0.6) is 0 Å². The predicted octanol–water partition coefficient (Wildman–Crippen LogP) is 4.35. The molecule has 1 amide bonds. The van der Waals surface area contributed by atoms with E-state index >= 15 is 0 Å². The molecule has 0 aliphatic carbocycles. The first-order chi connectivity index (χ1) is 13.7. The summed E-state index contributed by atoms with van der Waals surface area (Å²) in [6, 6.07) is 17.4. The van der Waals surface area contributed by atoms with E-state index in [0.717, 1.165) is 35.1 Å². The minimum absolute atomic E-state index is 0.0482. The van der Waals surface area contributed by atoms with Crippen molar-refractivity contribution < 1.29 is 9.32 Å². The van der Waals surface area contributed by atoms with Crippen LogP contribution in [0.3, 0.4) is 0 Å². The highest BCUT2D eigenvalue weighted by Gasteiger charge is 2.27. The van der Waals surface area contributed by atoms with Crippen LogP contribution in [0, 0.1) is 5.92 Å². The lowest BCUT2D eigenvalue weighted by atomic mass is 9.97. The van der Waals surface area contributed by atoms with Gasteiger partial charge in [0, 0.05) is 16.6 Å². The number of carbonyl (C=O) groups excluding carboxylic acids is 1. The molecule has 6 nitrogen and oxygen atoms in total. The van der Waals surface area contributed by atoms with Crippen molar-refractivity contribution in [2.24, 2.45) is 5.92 Å². The molecule has 0 radical (unpaired) electrons. The molecule has 2 heterocycles. The SMILES string of the molecule is O=C(Nc1ccccc1Br)C1CCCN(Cc2nc(-c3ccccc3)no2)C1. The number of piperidine rings is 1. The summed E-state index contributed by atoms with van der Waals surface area (Å²) in [5.41, 5.74) is 1.73. The maximum absolute atomic E-state index is 12.7. The van der Waals surface area contributed by atoms with E-state index in [1.165, 1.54) is 0 Å². The quantitative estimate of drug-likeness (QED) is 0.638. The summed E-state index contributed by atoms with van der Waals surface area (Å²) in [4.78, 5) is 19.4. The molecule has 1 atom stereocenters.